The zero-order chi connectivity index (χ0) is 13.3. The molecule has 0 atom stereocenters. The molecule has 0 bridgehead atoms. The highest BCUT2D eigenvalue weighted by Gasteiger charge is 2.41. The van der Waals surface area contributed by atoms with E-state index in [1.807, 2.05) is 14.0 Å². The van der Waals surface area contributed by atoms with Crippen molar-refractivity contribution in [3.8, 4) is 0 Å². The van der Waals surface area contributed by atoms with Crippen molar-refractivity contribution < 1.29 is 9.53 Å². The average Bonchev–Trinajstić information content (AvgIpc) is 2.91. The lowest BCUT2D eigenvalue weighted by Gasteiger charge is -2.25. The second-order valence-electron chi connectivity index (χ2n) is 4.98. The van der Waals surface area contributed by atoms with Crippen LogP contribution in [0.15, 0.2) is 4.47 Å². The molecule has 18 heavy (non-hydrogen) atoms. The molecule has 1 fully saturated rings. The molecule has 1 aliphatic rings. The molecule has 2 rings (SSSR count). The molecule has 1 saturated carbocycles. The lowest BCUT2D eigenvalue weighted by Crippen LogP contribution is -2.39. The van der Waals surface area contributed by atoms with Crippen LogP contribution in [0.25, 0.3) is 0 Å². The number of hydrogen-bond donors (Lipinski definition) is 0. The highest BCUT2D eigenvalue weighted by atomic mass is 79.9. The number of methoxy groups -OCH3 is 1. The Kier molecular flexibility index (Phi) is 3.92. The lowest BCUT2D eigenvalue weighted by molar-refractivity contribution is -0.139. The summed E-state index contributed by atoms with van der Waals surface area (Å²) in [5.74, 6) is 0.172. The van der Waals surface area contributed by atoms with Crippen LogP contribution in [0.3, 0.4) is 0 Å². The summed E-state index contributed by atoms with van der Waals surface area (Å²) in [7, 11) is 3.52. The van der Waals surface area contributed by atoms with Gasteiger partial charge in [-0.1, -0.05) is 0 Å². The van der Waals surface area contributed by atoms with Crippen LogP contribution < -0.4 is 0 Å². The van der Waals surface area contributed by atoms with E-state index in [0.717, 1.165) is 41.5 Å². The van der Waals surface area contributed by atoms with Gasteiger partial charge in [-0.05, 0) is 48.5 Å². The van der Waals surface area contributed by atoms with Crippen molar-refractivity contribution in [2.45, 2.75) is 44.6 Å². The van der Waals surface area contributed by atoms with E-state index in [-0.39, 0.29) is 5.78 Å². The number of Topliss-reactive ketones (excluding diaryl/α,β-unsaturated/α-hetero) is 1. The maximum Gasteiger partial charge on any atom is 0.170 e. The van der Waals surface area contributed by atoms with Gasteiger partial charge in [0, 0.05) is 14.2 Å². The van der Waals surface area contributed by atoms with Crippen molar-refractivity contribution in [1.29, 1.82) is 0 Å². The number of rotatable bonds is 4. The number of carbonyl (C=O) groups is 1. The molecule has 1 heterocycles. The van der Waals surface area contributed by atoms with E-state index in [2.05, 4.69) is 21.0 Å². The van der Waals surface area contributed by atoms with E-state index in [1.54, 1.807) is 11.8 Å². The second kappa shape index (κ2) is 5.13. The number of hydrogen-bond acceptors (Lipinski definition) is 3. The van der Waals surface area contributed by atoms with Crippen molar-refractivity contribution in [2.24, 2.45) is 7.05 Å². The summed E-state index contributed by atoms with van der Waals surface area (Å²) in [5.41, 5.74) is 1.29. The normalized spacial score (nSPS) is 18.2. The number of ether oxygens (including phenoxy) is 1. The molecule has 4 nitrogen and oxygen atoms in total. The predicted molar refractivity (Wildman–Crippen MR) is 72.6 cm³/mol. The van der Waals surface area contributed by atoms with Gasteiger partial charge in [-0.15, -0.1) is 0 Å². The Bertz CT molecular complexity index is 462. The smallest absolute Gasteiger partial charge is 0.170 e. The van der Waals surface area contributed by atoms with Crippen LogP contribution in [-0.4, -0.2) is 28.3 Å². The highest BCUT2D eigenvalue weighted by Crippen LogP contribution is 2.35. The summed E-state index contributed by atoms with van der Waals surface area (Å²) in [6.07, 6.45) is 4.22. The van der Waals surface area contributed by atoms with E-state index >= 15 is 0 Å². The summed E-state index contributed by atoms with van der Waals surface area (Å²) >= 11 is 3.50. The zero-order valence-corrected chi connectivity index (χ0v) is 12.7. The van der Waals surface area contributed by atoms with Crippen LogP contribution >= 0.6 is 15.9 Å². The van der Waals surface area contributed by atoms with Gasteiger partial charge in [-0.25, -0.2) is 0 Å². The van der Waals surface area contributed by atoms with Crippen LogP contribution in [0.5, 0.6) is 0 Å². The number of nitrogens with zero attached hydrogens (tertiary/aromatic N) is 2. The zero-order valence-electron chi connectivity index (χ0n) is 11.1. The van der Waals surface area contributed by atoms with Gasteiger partial charge in [0.05, 0.1) is 22.3 Å². The molecular weight excluding hydrogens is 296 g/mol. The van der Waals surface area contributed by atoms with Crippen LogP contribution in [0.2, 0.25) is 0 Å². The molecule has 0 aromatic carbocycles. The Balaban J connectivity index is 2.21. The van der Waals surface area contributed by atoms with Gasteiger partial charge in [-0.2, -0.15) is 5.10 Å². The maximum atomic E-state index is 12.5. The van der Waals surface area contributed by atoms with Gasteiger partial charge >= 0.3 is 0 Å². The van der Waals surface area contributed by atoms with Gasteiger partial charge in [0.2, 0.25) is 0 Å². The third kappa shape index (κ3) is 2.26. The first kappa shape index (κ1) is 13.7. The van der Waals surface area contributed by atoms with E-state index in [9.17, 15) is 4.79 Å². The van der Waals surface area contributed by atoms with Gasteiger partial charge in [0.25, 0.3) is 0 Å². The van der Waals surface area contributed by atoms with Crippen LogP contribution in [0.1, 0.15) is 37.1 Å². The van der Waals surface area contributed by atoms with Gasteiger partial charge in [0.1, 0.15) is 5.60 Å². The molecule has 1 aromatic heterocycles. The van der Waals surface area contributed by atoms with Crippen molar-refractivity contribution in [1.82, 2.24) is 9.78 Å². The van der Waals surface area contributed by atoms with Crippen LogP contribution in [0, 0.1) is 6.92 Å². The Labute approximate surface area is 116 Å². The van der Waals surface area contributed by atoms with E-state index in [4.69, 9.17) is 4.74 Å². The van der Waals surface area contributed by atoms with Gasteiger partial charge < -0.3 is 4.74 Å². The average molecular weight is 315 g/mol. The Morgan fingerprint density at radius 1 is 1.50 bits per heavy atom. The molecule has 0 amide bonds. The van der Waals surface area contributed by atoms with Crippen LogP contribution in [-0.2, 0) is 23.0 Å². The quantitative estimate of drug-likeness (QED) is 0.858. The fourth-order valence-electron chi connectivity index (χ4n) is 2.73. The van der Waals surface area contributed by atoms with Gasteiger partial charge in [-0.3, -0.25) is 9.48 Å². The molecule has 0 N–H and O–H groups in total. The summed E-state index contributed by atoms with van der Waals surface area (Å²) in [5, 5.41) is 4.32. The third-order valence-corrected chi connectivity index (χ3v) is 4.93. The van der Waals surface area contributed by atoms with Crippen LogP contribution in [0.4, 0.5) is 0 Å². The van der Waals surface area contributed by atoms with Crippen molar-refractivity contribution in [3.05, 3.63) is 15.9 Å². The molecule has 0 saturated heterocycles. The Morgan fingerprint density at radius 2 is 2.11 bits per heavy atom. The largest absolute Gasteiger partial charge is 0.370 e. The summed E-state index contributed by atoms with van der Waals surface area (Å²) < 4.78 is 8.23. The van der Waals surface area contributed by atoms with E-state index in [0.29, 0.717) is 6.42 Å². The monoisotopic (exact) mass is 314 g/mol. The minimum atomic E-state index is -0.558. The maximum absolute atomic E-state index is 12.5. The van der Waals surface area contributed by atoms with Crippen molar-refractivity contribution in [3.63, 3.8) is 0 Å². The number of aromatic nitrogens is 2. The number of ketones is 1. The fourth-order valence-corrected chi connectivity index (χ4v) is 3.20. The Hall–Kier alpha value is -0.680. The highest BCUT2D eigenvalue weighted by molar-refractivity contribution is 9.10. The first-order valence-corrected chi connectivity index (χ1v) is 7.06. The molecular formula is C13H19BrN2O2. The molecule has 1 aliphatic carbocycles. The molecule has 0 unspecified atom stereocenters. The molecule has 0 radical (unpaired) electrons. The topological polar surface area (TPSA) is 44.1 Å². The Morgan fingerprint density at radius 3 is 2.56 bits per heavy atom. The standard InChI is InChI=1S/C13H19BrN2O2/c1-9-12(14)10(16(2)15-9)8-11(17)13(18-3)6-4-5-7-13/h4-8H2,1-3H3. The van der Waals surface area contributed by atoms with E-state index < -0.39 is 5.60 Å². The minimum Gasteiger partial charge on any atom is -0.370 e. The van der Waals surface area contributed by atoms with Crippen molar-refractivity contribution >= 4 is 21.7 Å². The first-order chi connectivity index (χ1) is 8.50. The molecule has 0 aliphatic heterocycles. The summed E-state index contributed by atoms with van der Waals surface area (Å²) in [6, 6.07) is 0. The van der Waals surface area contributed by atoms with Crippen molar-refractivity contribution in [2.75, 3.05) is 7.11 Å². The number of aryl methyl sites for hydroxylation is 2. The lowest BCUT2D eigenvalue weighted by atomic mass is 9.93. The summed E-state index contributed by atoms with van der Waals surface area (Å²) in [4.78, 5) is 12.5. The number of carbonyl (C=O) groups excluding carboxylic acids is 1. The molecule has 0 spiro atoms. The summed E-state index contributed by atoms with van der Waals surface area (Å²) in [6.45, 7) is 1.93. The molecule has 1 aromatic rings. The van der Waals surface area contributed by atoms with Gasteiger partial charge in [0.15, 0.2) is 5.78 Å². The SMILES string of the molecule is COC1(C(=O)Cc2c(Br)c(C)nn2C)CCCC1. The van der Waals surface area contributed by atoms with E-state index in [1.165, 1.54) is 0 Å². The second-order valence-corrected chi connectivity index (χ2v) is 5.77. The number of halogens is 1. The predicted octanol–water partition coefficient (Wildman–Crippen LogP) is 2.56. The molecule has 100 valence electrons. The fraction of sp³-hybridized carbons (Fsp3) is 0.692. The minimum absolute atomic E-state index is 0.172. The third-order valence-electron chi connectivity index (χ3n) is 3.90. The first-order valence-electron chi connectivity index (χ1n) is 6.26. The molecule has 5 heteroatoms.